The summed E-state index contributed by atoms with van der Waals surface area (Å²) >= 11 is 0. The van der Waals surface area contributed by atoms with Crippen LogP contribution in [0.15, 0.2) is 18.2 Å². The van der Waals surface area contributed by atoms with E-state index in [1.54, 1.807) is 0 Å². The number of likely N-dealkylation sites (tertiary alicyclic amines) is 1. The van der Waals surface area contributed by atoms with Crippen molar-refractivity contribution >= 4 is 17.7 Å². The minimum atomic E-state index is -1.16. The van der Waals surface area contributed by atoms with Crippen molar-refractivity contribution in [1.82, 2.24) is 4.90 Å². The van der Waals surface area contributed by atoms with E-state index in [4.69, 9.17) is 5.11 Å². The monoisotopic (exact) mass is 270 g/mol. The van der Waals surface area contributed by atoms with Gasteiger partial charge >= 0.3 is 12.0 Å². The molecule has 19 heavy (non-hydrogen) atoms. The first-order chi connectivity index (χ1) is 9.00. The van der Waals surface area contributed by atoms with E-state index in [9.17, 15) is 18.4 Å². The SMILES string of the molecule is O=C(O)[C@@H]1CCCN1C(=O)Nc1cccc(F)c1F. The number of nitrogens with one attached hydrogen (secondary N) is 1. The fraction of sp³-hybridized carbons (Fsp3) is 0.333. The molecule has 2 rings (SSSR count). The van der Waals surface area contributed by atoms with Crippen LogP contribution in [0, 0.1) is 11.6 Å². The molecule has 0 unspecified atom stereocenters. The van der Waals surface area contributed by atoms with Crippen molar-refractivity contribution in [2.75, 3.05) is 11.9 Å². The number of carboxylic acids is 1. The Morgan fingerprint density at radius 3 is 2.79 bits per heavy atom. The van der Waals surface area contributed by atoms with Crippen molar-refractivity contribution in [2.24, 2.45) is 0 Å². The van der Waals surface area contributed by atoms with Crippen LogP contribution in [0.1, 0.15) is 12.8 Å². The molecule has 0 aromatic heterocycles. The lowest BCUT2D eigenvalue weighted by Crippen LogP contribution is -2.42. The van der Waals surface area contributed by atoms with Crippen LogP contribution in [-0.4, -0.2) is 34.6 Å². The lowest BCUT2D eigenvalue weighted by molar-refractivity contribution is -0.141. The van der Waals surface area contributed by atoms with Crippen LogP contribution >= 0.6 is 0 Å². The Hall–Kier alpha value is -2.18. The molecule has 0 aliphatic carbocycles. The van der Waals surface area contributed by atoms with Gasteiger partial charge in [0, 0.05) is 6.54 Å². The van der Waals surface area contributed by atoms with Gasteiger partial charge in [0.15, 0.2) is 11.6 Å². The molecule has 2 amide bonds. The third-order valence-corrected chi connectivity index (χ3v) is 2.99. The Morgan fingerprint density at radius 1 is 1.37 bits per heavy atom. The summed E-state index contributed by atoms with van der Waals surface area (Å²) < 4.78 is 26.4. The highest BCUT2D eigenvalue weighted by Crippen LogP contribution is 2.21. The van der Waals surface area contributed by atoms with Gasteiger partial charge in [-0.2, -0.15) is 0 Å². The largest absolute Gasteiger partial charge is 0.480 e. The molecule has 1 fully saturated rings. The first-order valence-corrected chi connectivity index (χ1v) is 5.75. The molecule has 1 heterocycles. The number of benzene rings is 1. The van der Waals surface area contributed by atoms with Gasteiger partial charge in [-0.15, -0.1) is 0 Å². The fourth-order valence-electron chi connectivity index (χ4n) is 2.05. The average Bonchev–Trinajstić information content (AvgIpc) is 2.84. The standard InChI is InChI=1S/C12H12F2N2O3/c13-7-3-1-4-8(10(7)14)15-12(19)16-6-2-5-9(16)11(17)18/h1,3-4,9H,2,5-6H2,(H,15,19)(H,17,18)/t9-/m0/s1. The van der Waals surface area contributed by atoms with E-state index < -0.39 is 29.7 Å². The summed E-state index contributed by atoms with van der Waals surface area (Å²) in [7, 11) is 0. The zero-order chi connectivity index (χ0) is 14.0. The third kappa shape index (κ3) is 2.64. The van der Waals surface area contributed by atoms with E-state index in [-0.39, 0.29) is 12.2 Å². The molecule has 0 bridgehead atoms. The van der Waals surface area contributed by atoms with Crippen molar-refractivity contribution in [3.63, 3.8) is 0 Å². The van der Waals surface area contributed by atoms with E-state index in [1.807, 2.05) is 0 Å². The predicted molar refractivity (Wildman–Crippen MR) is 62.7 cm³/mol. The van der Waals surface area contributed by atoms with Crippen LogP contribution < -0.4 is 5.32 Å². The number of anilines is 1. The third-order valence-electron chi connectivity index (χ3n) is 2.99. The van der Waals surface area contributed by atoms with Crippen molar-refractivity contribution < 1.29 is 23.5 Å². The molecule has 1 aliphatic rings. The van der Waals surface area contributed by atoms with Crippen LogP contribution in [0.3, 0.4) is 0 Å². The zero-order valence-electron chi connectivity index (χ0n) is 9.90. The molecule has 7 heteroatoms. The number of carbonyl (C=O) groups is 2. The molecule has 1 atom stereocenters. The first kappa shape index (κ1) is 13.3. The molecule has 102 valence electrons. The van der Waals surface area contributed by atoms with Gasteiger partial charge < -0.3 is 15.3 Å². The maximum Gasteiger partial charge on any atom is 0.326 e. The quantitative estimate of drug-likeness (QED) is 0.864. The molecule has 0 radical (unpaired) electrons. The minimum Gasteiger partial charge on any atom is -0.480 e. The maximum absolute atomic E-state index is 13.4. The second-order valence-corrected chi connectivity index (χ2v) is 4.22. The summed E-state index contributed by atoms with van der Waals surface area (Å²) in [5.74, 6) is -3.34. The molecular weight excluding hydrogens is 258 g/mol. The fourth-order valence-corrected chi connectivity index (χ4v) is 2.05. The second-order valence-electron chi connectivity index (χ2n) is 4.22. The molecule has 1 aliphatic heterocycles. The maximum atomic E-state index is 13.4. The predicted octanol–water partition coefficient (Wildman–Crippen LogP) is 2.05. The lowest BCUT2D eigenvalue weighted by Gasteiger charge is -2.21. The molecule has 1 aromatic rings. The van der Waals surface area contributed by atoms with Crippen molar-refractivity contribution in [3.8, 4) is 0 Å². The van der Waals surface area contributed by atoms with E-state index >= 15 is 0 Å². The van der Waals surface area contributed by atoms with Crippen LogP contribution in [0.5, 0.6) is 0 Å². The summed E-state index contributed by atoms with van der Waals surface area (Å²) in [6.07, 6.45) is 0.921. The summed E-state index contributed by atoms with van der Waals surface area (Å²) in [5, 5.41) is 11.1. The Bertz CT molecular complexity index is 522. The summed E-state index contributed by atoms with van der Waals surface area (Å²) in [4.78, 5) is 23.9. The highest BCUT2D eigenvalue weighted by Gasteiger charge is 2.34. The number of aliphatic carboxylic acids is 1. The summed E-state index contributed by atoms with van der Waals surface area (Å²) in [5.41, 5.74) is -0.305. The number of nitrogens with zero attached hydrogens (tertiary/aromatic N) is 1. The Morgan fingerprint density at radius 2 is 2.11 bits per heavy atom. The van der Waals surface area contributed by atoms with E-state index in [0.717, 1.165) is 11.0 Å². The first-order valence-electron chi connectivity index (χ1n) is 5.75. The molecule has 0 saturated carbocycles. The molecule has 2 N–H and O–H groups in total. The van der Waals surface area contributed by atoms with Gasteiger partial charge in [0.1, 0.15) is 6.04 Å². The number of rotatable bonds is 2. The number of hydrogen-bond acceptors (Lipinski definition) is 2. The molecule has 5 nitrogen and oxygen atoms in total. The summed E-state index contributed by atoms with van der Waals surface area (Å²) in [6, 6.07) is 1.74. The van der Waals surface area contributed by atoms with Gasteiger partial charge in [-0.1, -0.05) is 6.07 Å². The molecule has 0 spiro atoms. The van der Waals surface area contributed by atoms with Gasteiger partial charge in [-0.3, -0.25) is 0 Å². The highest BCUT2D eigenvalue weighted by molar-refractivity contribution is 5.92. The Balaban J connectivity index is 2.13. The number of hydrogen-bond donors (Lipinski definition) is 2. The average molecular weight is 270 g/mol. The van der Waals surface area contributed by atoms with Gasteiger partial charge in [0.2, 0.25) is 0 Å². The molecular formula is C12H12F2N2O3. The van der Waals surface area contributed by atoms with Crippen molar-refractivity contribution in [2.45, 2.75) is 18.9 Å². The van der Waals surface area contributed by atoms with Gasteiger partial charge in [0.05, 0.1) is 5.69 Å². The topological polar surface area (TPSA) is 69.6 Å². The van der Waals surface area contributed by atoms with E-state index in [0.29, 0.717) is 12.8 Å². The minimum absolute atomic E-state index is 0.278. The number of urea groups is 1. The van der Waals surface area contributed by atoms with E-state index in [2.05, 4.69) is 5.32 Å². The molecule has 1 aromatic carbocycles. The lowest BCUT2D eigenvalue weighted by atomic mass is 10.2. The number of halogens is 2. The number of carbonyl (C=O) groups excluding carboxylic acids is 1. The van der Waals surface area contributed by atoms with Crippen LogP contribution in [-0.2, 0) is 4.79 Å². The van der Waals surface area contributed by atoms with E-state index in [1.165, 1.54) is 12.1 Å². The molecule has 1 saturated heterocycles. The Labute approximate surface area is 107 Å². The number of amides is 2. The highest BCUT2D eigenvalue weighted by atomic mass is 19.2. The van der Waals surface area contributed by atoms with Crippen molar-refractivity contribution in [1.29, 1.82) is 0 Å². The summed E-state index contributed by atoms with van der Waals surface area (Å²) in [6.45, 7) is 0.278. The normalized spacial score (nSPS) is 18.4. The van der Waals surface area contributed by atoms with Crippen molar-refractivity contribution in [3.05, 3.63) is 29.8 Å². The van der Waals surface area contributed by atoms with Gasteiger partial charge in [-0.05, 0) is 25.0 Å². The van der Waals surface area contributed by atoms with Gasteiger partial charge in [0.25, 0.3) is 0 Å². The van der Waals surface area contributed by atoms with Crippen LogP contribution in [0.2, 0.25) is 0 Å². The zero-order valence-corrected chi connectivity index (χ0v) is 9.90. The van der Waals surface area contributed by atoms with Crippen LogP contribution in [0.25, 0.3) is 0 Å². The Kier molecular flexibility index (Phi) is 3.64. The number of carboxylic acid groups (broad SMARTS) is 1. The smallest absolute Gasteiger partial charge is 0.326 e. The van der Waals surface area contributed by atoms with Crippen LogP contribution in [0.4, 0.5) is 19.3 Å². The second kappa shape index (κ2) is 5.21. The van der Waals surface area contributed by atoms with Gasteiger partial charge in [-0.25, -0.2) is 18.4 Å².